The highest BCUT2D eigenvalue weighted by Gasteiger charge is 2.38. The second-order valence-electron chi connectivity index (χ2n) is 7.42. The summed E-state index contributed by atoms with van der Waals surface area (Å²) in [4.78, 5) is 12.5. The second kappa shape index (κ2) is 7.82. The van der Waals surface area contributed by atoms with Gasteiger partial charge < -0.3 is 10.6 Å². The van der Waals surface area contributed by atoms with E-state index in [0.29, 0.717) is 12.1 Å². The summed E-state index contributed by atoms with van der Waals surface area (Å²) < 4.78 is 0. The zero-order chi connectivity index (χ0) is 13.9. The van der Waals surface area contributed by atoms with Crippen LogP contribution in [0.25, 0.3) is 0 Å². The molecule has 1 saturated heterocycles. The molecule has 0 bridgehead atoms. The fourth-order valence-electron chi connectivity index (χ4n) is 4.45. The number of carbonyl (C=O) groups excluding carboxylic acids is 1. The molecule has 3 nitrogen and oxygen atoms in total. The highest BCUT2D eigenvalue weighted by molar-refractivity contribution is 5.85. The lowest BCUT2D eigenvalue weighted by Gasteiger charge is -2.24. The largest absolute Gasteiger partial charge is 0.352 e. The lowest BCUT2D eigenvalue weighted by atomic mass is 9.85. The van der Waals surface area contributed by atoms with Crippen molar-refractivity contribution in [3.63, 3.8) is 0 Å². The third-order valence-electron chi connectivity index (χ3n) is 5.78. The van der Waals surface area contributed by atoms with Crippen LogP contribution in [0, 0.1) is 11.8 Å². The van der Waals surface area contributed by atoms with E-state index in [0.717, 1.165) is 18.3 Å². The fraction of sp³-hybridized carbons (Fsp3) is 0.941. The Morgan fingerprint density at radius 3 is 2.62 bits per heavy atom. The molecule has 21 heavy (non-hydrogen) atoms. The van der Waals surface area contributed by atoms with Gasteiger partial charge in [-0.1, -0.05) is 32.6 Å². The molecular formula is C17H31ClN2O. The van der Waals surface area contributed by atoms with E-state index in [-0.39, 0.29) is 24.4 Å². The van der Waals surface area contributed by atoms with Crippen molar-refractivity contribution in [3.8, 4) is 0 Å². The standard InChI is InChI=1S/C17H30N2O.ClH/c1-12-5-4-7-14(10-9-12)18-17(20)16-11-13-6-2-3-8-15(13)19-16;/h12-16,19H,2-11H2,1H3,(H,18,20);1H. The smallest absolute Gasteiger partial charge is 0.237 e. The Hall–Kier alpha value is -0.280. The summed E-state index contributed by atoms with van der Waals surface area (Å²) in [7, 11) is 0. The van der Waals surface area contributed by atoms with Crippen LogP contribution >= 0.6 is 12.4 Å². The zero-order valence-corrected chi connectivity index (χ0v) is 14.1. The first-order valence-electron chi connectivity index (χ1n) is 8.79. The first kappa shape index (κ1) is 17.1. The Morgan fingerprint density at radius 1 is 1.00 bits per heavy atom. The molecule has 0 aromatic rings. The molecule has 0 aromatic carbocycles. The topological polar surface area (TPSA) is 41.1 Å². The van der Waals surface area contributed by atoms with Crippen molar-refractivity contribution in [1.82, 2.24) is 10.6 Å². The SMILES string of the molecule is CC1CCCC(NC(=O)C2CC3CCCCC3N2)CC1.Cl. The van der Waals surface area contributed by atoms with E-state index in [1.807, 2.05) is 0 Å². The van der Waals surface area contributed by atoms with Gasteiger partial charge in [-0.25, -0.2) is 0 Å². The molecule has 2 aliphatic carbocycles. The fourth-order valence-corrected chi connectivity index (χ4v) is 4.45. The van der Waals surface area contributed by atoms with Crippen molar-refractivity contribution < 1.29 is 4.79 Å². The van der Waals surface area contributed by atoms with Crippen molar-refractivity contribution in [1.29, 1.82) is 0 Å². The zero-order valence-electron chi connectivity index (χ0n) is 13.3. The number of rotatable bonds is 2. The molecule has 122 valence electrons. The number of hydrogen-bond acceptors (Lipinski definition) is 2. The van der Waals surface area contributed by atoms with Crippen LogP contribution in [0.4, 0.5) is 0 Å². The van der Waals surface area contributed by atoms with Gasteiger partial charge >= 0.3 is 0 Å². The molecule has 4 heteroatoms. The van der Waals surface area contributed by atoms with E-state index < -0.39 is 0 Å². The highest BCUT2D eigenvalue weighted by atomic mass is 35.5. The first-order chi connectivity index (χ1) is 9.72. The van der Waals surface area contributed by atoms with Gasteiger partial charge in [0.2, 0.25) is 5.91 Å². The van der Waals surface area contributed by atoms with E-state index in [9.17, 15) is 4.79 Å². The van der Waals surface area contributed by atoms with Crippen LogP contribution in [-0.2, 0) is 4.79 Å². The summed E-state index contributed by atoms with van der Waals surface area (Å²) in [5.41, 5.74) is 0. The van der Waals surface area contributed by atoms with Crippen LogP contribution in [0.1, 0.15) is 71.1 Å². The van der Waals surface area contributed by atoms with Gasteiger partial charge in [0.1, 0.15) is 0 Å². The van der Waals surface area contributed by atoms with Gasteiger partial charge in [-0.3, -0.25) is 4.79 Å². The molecule has 1 heterocycles. The number of halogens is 1. The number of nitrogens with one attached hydrogen (secondary N) is 2. The molecular weight excluding hydrogens is 284 g/mol. The minimum Gasteiger partial charge on any atom is -0.352 e. The molecule has 3 fully saturated rings. The predicted octanol–water partition coefficient (Wildman–Crippen LogP) is 3.41. The minimum atomic E-state index is 0. The summed E-state index contributed by atoms with van der Waals surface area (Å²) >= 11 is 0. The summed E-state index contributed by atoms with van der Waals surface area (Å²) in [5.74, 6) is 1.87. The maximum Gasteiger partial charge on any atom is 0.237 e. The van der Waals surface area contributed by atoms with Crippen molar-refractivity contribution in [2.75, 3.05) is 0 Å². The normalized spacial score (nSPS) is 39.8. The van der Waals surface area contributed by atoms with Crippen LogP contribution in [0.5, 0.6) is 0 Å². The summed E-state index contributed by atoms with van der Waals surface area (Å²) in [6.07, 6.45) is 12.6. The van der Waals surface area contributed by atoms with Gasteiger partial charge in [0.25, 0.3) is 0 Å². The predicted molar refractivity (Wildman–Crippen MR) is 88.7 cm³/mol. The van der Waals surface area contributed by atoms with Crippen LogP contribution in [0.3, 0.4) is 0 Å². The highest BCUT2D eigenvalue weighted by Crippen LogP contribution is 2.33. The van der Waals surface area contributed by atoms with Crippen molar-refractivity contribution >= 4 is 18.3 Å². The van der Waals surface area contributed by atoms with Crippen LogP contribution in [-0.4, -0.2) is 24.0 Å². The van der Waals surface area contributed by atoms with E-state index in [1.54, 1.807) is 0 Å². The molecule has 0 radical (unpaired) electrons. The Kier molecular flexibility index (Phi) is 6.36. The second-order valence-corrected chi connectivity index (χ2v) is 7.42. The summed E-state index contributed by atoms with van der Waals surface area (Å²) in [5, 5.41) is 6.92. The maximum absolute atomic E-state index is 12.5. The molecule has 1 aliphatic heterocycles. The number of carbonyl (C=O) groups is 1. The van der Waals surface area contributed by atoms with Crippen LogP contribution < -0.4 is 10.6 Å². The molecule has 5 unspecified atom stereocenters. The summed E-state index contributed by atoms with van der Waals surface area (Å²) in [6, 6.07) is 1.13. The van der Waals surface area contributed by atoms with E-state index >= 15 is 0 Å². The molecule has 5 atom stereocenters. The molecule has 3 rings (SSSR count). The lowest BCUT2D eigenvalue weighted by molar-refractivity contribution is -0.123. The Balaban J connectivity index is 0.00000161. The van der Waals surface area contributed by atoms with Gasteiger partial charge in [0.15, 0.2) is 0 Å². The Labute approximate surface area is 135 Å². The van der Waals surface area contributed by atoms with E-state index in [2.05, 4.69) is 17.6 Å². The average Bonchev–Trinajstić information content (AvgIpc) is 2.78. The van der Waals surface area contributed by atoms with E-state index in [1.165, 1.54) is 57.8 Å². The first-order valence-corrected chi connectivity index (χ1v) is 8.79. The monoisotopic (exact) mass is 314 g/mol. The molecule has 0 aromatic heterocycles. The van der Waals surface area contributed by atoms with Crippen molar-refractivity contribution in [2.24, 2.45) is 11.8 Å². The minimum absolute atomic E-state index is 0. The maximum atomic E-state index is 12.5. The molecule has 3 aliphatic rings. The number of fused-ring (bicyclic) bond motifs is 1. The van der Waals surface area contributed by atoms with Crippen molar-refractivity contribution in [2.45, 2.75) is 89.3 Å². The average molecular weight is 315 g/mol. The van der Waals surface area contributed by atoms with E-state index in [4.69, 9.17) is 0 Å². The Morgan fingerprint density at radius 2 is 1.81 bits per heavy atom. The van der Waals surface area contributed by atoms with Gasteiger partial charge in [-0.05, 0) is 50.4 Å². The van der Waals surface area contributed by atoms with Crippen molar-refractivity contribution in [3.05, 3.63) is 0 Å². The van der Waals surface area contributed by atoms with Gasteiger partial charge in [0.05, 0.1) is 6.04 Å². The summed E-state index contributed by atoms with van der Waals surface area (Å²) in [6.45, 7) is 2.34. The van der Waals surface area contributed by atoms with Crippen LogP contribution in [0.2, 0.25) is 0 Å². The van der Waals surface area contributed by atoms with Gasteiger partial charge in [-0.15, -0.1) is 12.4 Å². The molecule has 2 N–H and O–H groups in total. The number of amides is 1. The lowest BCUT2D eigenvalue weighted by Crippen LogP contribution is -2.46. The van der Waals surface area contributed by atoms with Gasteiger partial charge in [-0.2, -0.15) is 0 Å². The third-order valence-corrected chi connectivity index (χ3v) is 5.78. The Bertz CT molecular complexity index is 336. The third kappa shape index (κ3) is 4.35. The number of hydrogen-bond donors (Lipinski definition) is 2. The molecule has 0 spiro atoms. The quantitative estimate of drug-likeness (QED) is 0.767. The molecule has 1 amide bonds. The molecule has 2 saturated carbocycles. The van der Waals surface area contributed by atoms with Gasteiger partial charge in [0, 0.05) is 12.1 Å². The van der Waals surface area contributed by atoms with Crippen LogP contribution in [0.15, 0.2) is 0 Å².